The SMILES string of the molecule is CN(C)C1Oc2ccccc2C(=O)C1SC#N. The van der Waals surface area contributed by atoms with Gasteiger partial charge in [-0.3, -0.25) is 9.69 Å². The van der Waals surface area contributed by atoms with Gasteiger partial charge < -0.3 is 4.74 Å². The zero-order valence-corrected chi connectivity index (χ0v) is 10.4. The molecule has 2 unspecified atom stereocenters. The maximum absolute atomic E-state index is 12.2. The Kier molecular flexibility index (Phi) is 3.36. The summed E-state index contributed by atoms with van der Waals surface area (Å²) in [5, 5.41) is 10.2. The summed E-state index contributed by atoms with van der Waals surface area (Å²) < 4.78 is 5.76. The smallest absolute Gasteiger partial charge is 0.185 e. The van der Waals surface area contributed by atoms with Gasteiger partial charge >= 0.3 is 0 Å². The van der Waals surface area contributed by atoms with Gasteiger partial charge in [0.25, 0.3) is 0 Å². The third kappa shape index (κ3) is 2.14. The Morgan fingerprint density at radius 2 is 2.12 bits per heavy atom. The van der Waals surface area contributed by atoms with Crippen LogP contribution >= 0.6 is 11.8 Å². The van der Waals surface area contributed by atoms with E-state index in [9.17, 15) is 4.79 Å². The molecule has 0 saturated heterocycles. The van der Waals surface area contributed by atoms with Gasteiger partial charge in [0.2, 0.25) is 0 Å². The van der Waals surface area contributed by atoms with Crippen molar-refractivity contribution in [2.75, 3.05) is 14.1 Å². The molecule has 88 valence electrons. The van der Waals surface area contributed by atoms with Crippen LogP contribution in [0.3, 0.4) is 0 Å². The summed E-state index contributed by atoms with van der Waals surface area (Å²) in [5.41, 5.74) is 0.554. The predicted octanol–water partition coefficient (Wildman–Crippen LogP) is 1.73. The van der Waals surface area contributed by atoms with Crippen molar-refractivity contribution in [3.63, 3.8) is 0 Å². The molecule has 0 saturated carbocycles. The molecule has 0 N–H and O–H groups in total. The van der Waals surface area contributed by atoms with Crippen molar-refractivity contribution in [1.82, 2.24) is 4.90 Å². The molecule has 1 aromatic rings. The number of ether oxygens (including phenoxy) is 1. The Morgan fingerprint density at radius 3 is 2.76 bits per heavy atom. The molecule has 0 fully saturated rings. The van der Waals surface area contributed by atoms with E-state index in [1.54, 1.807) is 18.2 Å². The maximum Gasteiger partial charge on any atom is 0.185 e. The lowest BCUT2D eigenvalue weighted by Gasteiger charge is -2.34. The molecule has 1 heterocycles. The lowest BCUT2D eigenvalue weighted by atomic mass is 10.0. The van der Waals surface area contributed by atoms with Crippen molar-refractivity contribution in [2.45, 2.75) is 11.5 Å². The maximum atomic E-state index is 12.2. The fraction of sp³-hybridized carbons (Fsp3) is 0.333. The summed E-state index contributed by atoms with van der Waals surface area (Å²) >= 11 is 0.950. The number of ketones is 1. The van der Waals surface area contributed by atoms with Gasteiger partial charge in [0.1, 0.15) is 16.4 Å². The molecule has 0 amide bonds. The molecule has 17 heavy (non-hydrogen) atoms. The van der Waals surface area contributed by atoms with Crippen molar-refractivity contribution in [3.8, 4) is 11.2 Å². The number of carbonyl (C=O) groups excluding carboxylic acids is 1. The number of nitriles is 1. The average Bonchev–Trinajstić information content (AvgIpc) is 2.32. The molecule has 0 spiro atoms. The van der Waals surface area contributed by atoms with Crippen LogP contribution in [0, 0.1) is 10.7 Å². The van der Waals surface area contributed by atoms with Crippen molar-refractivity contribution in [1.29, 1.82) is 5.26 Å². The number of nitrogens with zero attached hydrogens (tertiary/aromatic N) is 2. The molecule has 1 aromatic carbocycles. The molecule has 1 aliphatic heterocycles. The minimum Gasteiger partial charge on any atom is -0.473 e. The van der Waals surface area contributed by atoms with Crippen molar-refractivity contribution in [3.05, 3.63) is 29.8 Å². The number of hydrogen-bond donors (Lipinski definition) is 0. The van der Waals surface area contributed by atoms with E-state index < -0.39 is 11.5 Å². The molecular formula is C12H12N2O2S. The van der Waals surface area contributed by atoms with Crippen LogP contribution in [0.15, 0.2) is 24.3 Å². The summed E-state index contributed by atoms with van der Waals surface area (Å²) in [6.45, 7) is 0. The number of rotatable bonds is 2. The number of fused-ring (bicyclic) bond motifs is 1. The Morgan fingerprint density at radius 1 is 1.41 bits per heavy atom. The Hall–Kier alpha value is -1.51. The molecule has 0 bridgehead atoms. The van der Waals surface area contributed by atoms with Gasteiger partial charge in [-0.15, -0.1) is 0 Å². The molecule has 0 aromatic heterocycles. The lowest BCUT2D eigenvalue weighted by molar-refractivity contribution is 0.0449. The predicted molar refractivity (Wildman–Crippen MR) is 65.9 cm³/mol. The minimum atomic E-state index is -0.495. The number of thiocyanates is 1. The van der Waals surface area contributed by atoms with Crippen molar-refractivity contribution < 1.29 is 9.53 Å². The Balaban J connectivity index is 2.41. The number of hydrogen-bond acceptors (Lipinski definition) is 5. The summed E-state index contributed by atoms with van der Waals surface area (Å²) in [6, 6.07) is 7.13. The molecule has 4 nitrogen and oxygen atoms in total. The third-order valence-electron chi connectivity index (χ3n) is 2.61. The fourth-order valence-electron chi connectivity index (χ4n) is 1.79. The number of thioether (sulfide) groups is 1. The molecule has 2 rings (SSSR count). The van der Waals surface area contributed by atoms with Gasteiger partial charge in [-0.05, 0) is 38.0 Å². The molecule has 1 aliphatic rings. The van der Waals surface area contributed by atoms with E-state index in [1.165, 1.54) is 0 Å². The monoisotopic (exact) mass is 248 g/mol. The van der Waals surface area contributed by atoms with E-state index in [2.05, 4.69) is 0 Å². The molecule has 5 heteroatoms. The second-order valence-corrected chi connectivity index (χ2v) is 4.89. The quantitative estimate of drug-likeness (QED) is 0.746. The van der Waals surface area contributed by atoms with Crippen LogP contribution in [0.4, 0.5) is 0 Å². The summed E-state index contributed by atoms with van der Waals surface area (Å²) in [4.78, 5) is 14.1. The average molecular weight is 248 g/mol. The first kappa shape index (κ1) is 12.0. The first-order chi connectivity index (χ1) is 8.15. The van der Waals surface area contributed by atoms with Gasteiger partial charge in [0.15, 0.2) is 12.0 Å². The Labute approximate surface area is 104 Å². The van der Waals surface area contributed by atoms with Gasteiger partial charge in [-0.1, -0.05) is 12.1 Å². The van der Waals surface area contributed by atoms with Crippen LogP contribution in [0.25, 0.3) is 0 Å². The van der Waals surface area contributed by atoms with Gasteiger partial charge in [0, 0.05) is 0 Å². The second-order valence-electron chi connectivity index (χ2n) is 3.96. The highest BCUT2D eigenvalue weighted by molar-refractivity contribution is 8.05. The first-order valence-electron chi connectivity index (χ1n) is 5.16. The van der Waals surface area contributed by atoms with Crippen LogP contribution in [-0.2, 0) is 0 Å². The number of benzene rings is 1. The van der Waals surface area contributed by atoms with E-state index in [0.717, 1.165) is 11.8 Å². The summed E-state index contributed by atoms with van der Waals surface area (Å²) in [5.74, 6) is 0.545. The van der Waals surface area contributed by atoms with Gasteiger partial charge in [0.05, 0.1) is 5.56 Å². The number of carbonyl (C=O) groups is 1. The fourth-order valence-corrected chi connectivity index (χ4v) is 2.56. The highest BCUT2D eigenvalue weighted by atomic mass is 32.2. The molecule has 2 atom stereocenters. The van der Waals surface area contributed by atoms with Crippen LogP contribution in [0.1, 0.15) is 10.4 Å². The molecule has 0 aliphatic carbocycles. The van der Waals surface area contributed by atoms with Crippen LogP contribution in [0.2, 0.25) is 0 Å². The number of Topliss-reactive ketones (excluding diaryl/α,β-unsaturated/α-hetero) is 1. The zero-order valence-electron chi connectivity index (χ0n) is 9.58. The van der Waals surface area contributed by atoms with Crippen LogP contribution in [0.5, 0.6) is 5.75 Å². The molecular weight excluding hydrogens is 236 g/mol. The zero-order chi connectivity index (χ0) is 12.4. The van der Waals surface area contributed by atoms with Gasteiger partial charge in [-0.25, -0.2) is 0 Å². The molecule has 0 radical (unpaired) electrons. The van der Waals surface area contributed by atoms with Crippen molar-refractivity contribution in [2.24, 2.45) is 0 Å². The van der Waals surface area contributed by atoms with E-state index in [4.69, 9.17) is 10.00 Å². The minimum absolute atomic E-state index is 0.0444. The normalized spacial score (nSPS) is 22.8. The first-order valence-corrected chi connectivity index (χ1v) is 6.04. The van der Waals surface area contributed by atoms with Crippen LogP contribution < -0.4 is 4.74 Å². The highest BCUT2D eigenvalue weighted by Gasteiger charge is 2.39. The topological polar surface area (TPSA) is 53.3 Å². The van der Waals surface area contributed by atoms with Crippen molar-refractivity contribution >= 4 is 17.5 Å². The standard InChI is InChI=1S/C12H12N2O2S/c1-14(2)12-11(17-7-13)10(15)8-5-3-4-6-9(8)16-12/h3-6,11-12H,1-2H3. The number of para-hydroxylation sites is 1. The van der Waals surface area contributed by atoms with E-state index in [-0.39, 0.29) is 5.78 Å². The van der Waals surface area contributed by atoms with Crippen LogP contribution in [-0.4, -0.2) is 36.3 Å². The summed E-state index contributed by atoms with van der Waals surface area (Å²) in [6.07, 6.45) is -0.401. The van der Waals surface area contributed by atoms with E-state index in [1.807, 2.05) is 30.5 Å². The lowest BCUT2D eigenvalue weighted by Crippen LogP contribution is -2.48. The highest BCUT2D eigenvalue weighted by Crippen LogP contribution is 2.33. The van der Waals surface area contributed by atoms with Gasteiger partial charge in [-0.2, -0.15) is 5.26 Å². The Bertz CT molecular complexity index is 482. The summed E-state index contributed by atoms with van der Waals surface area (Å²) in [7, 11) is 3.66. The third-order valence-corrected chi connectivity index (χ3v) is 3.41. The largest absolute Gasteiger partial charge is 0.473 e. The van der Waals surface area contributed by atoms with E-state index in [0.29, 0.717) is 11.3 Å². The van der Waals surface area contributed by atoms with E-state index >= 15 is 0 Å². The second kappa shape index (κ2) is 4.78.